The fraction of sp³-hybridized carbons (Fsp3) is 0.857. The highest BCUT2D eigenvalue weighted by atomic mass is 19.4. The zero-order valence-corrected chi connectivity index (χ0v) is 12.7. The summed E-state index contributed by atoms with van der Waals surface area (Å²) in [7, 11) is 0. The average Bonchev–Trinajstić information content (AvgIpc) is 3.11. The second-order valence-electron chi connectivity index (χ2n) is 6.32. The van der Waals surface area contributed by atoms with E-state index in [0.29, 0.717) is 26.1 Å². The van der Waals surface area contributed by atoms with Crippen molar-refractivity contribution in [3.8, 4) is 0 Å². The van der Waals surface area contributed by atoms with Crippen molar-refractivity contribution in [3.05, 3.63) is 0 Å². The summed E-state index contributed by atoms with van der Waals surface area (Å²) in [6.07, 6.45) is -3.40. The molecule has 3 rings (SSSR count). The van der Waals surface area contributed by atoms with Gasteiger partial charge in [-0.05, 0) is 25.7 Å². The van der Waals surface area contributed by atoms with E-state index < -0.39 is 23.9 Å². The first-order valence-corrected chi connectivity index (χ1v) is 7.87. The van der Waals surface area contributed by atoms with Crippen LogP contribution in [0.1, 0.15) is 25.7 Å². The van der Waals surface area contributed by atoms with Gasteiger partial charge in [0.2, 0.25) is 0 Å². The van der Waals surface area contributed by atoms with E-state index in [9.17, 15) is 22.8 Å². The van der Waals surface area contributed by atoms with Crippen molar-refractivity contribution in [3.63, 3.8) is 0 Å². The van der Waals surface area contributed by atoms with Crippen LogP contribution in [0.4, 0.5) is 18.0 Å². The van der Waals surface area contributed by atoms with Crippen molar-refractivity contribution in [1.82, 2.24) is 15.1 Å². The molecule has 0 aromatic carbocycles. The number of alkyl halides is 3. The molecule has 2 aliphatic heterocycles. The Morgan fingerprint density at radius 1 is 1.09 bits per heavy atom. The van der Waals surface area contributed by atoms with Gasteiger partial charge in [0.1, 0.15) is 11.6 Å². The molecule has 3 amide bonds. The summed E-state index contributed by atoms with van der Waals surface area (Å²) in [6.45, 7) is 1.70. The lowest BCUT2D eigenvalue weighted by Gasteiger charge is -2.36. The van der Waals surface area contributed by atoms with E-state index in [4.69, 9.17) is 4.74 Å². The Kier molecular flexibility index (Phi) is 4.16. The third kappa shape index (κ3) is 3.24. The van der Waals surface area contributed by atoms with Crippen LogP contribution in [-0.2, 0) is 9.53 Å². The lowest BCUT2D eigenvalue weighted by Crippen LogP contribution is -2.58. The van der Waals surface area contributed by atoms with Gasteiger partial charge in [0.15, 0.2) is 0 Å². The Hall–Kier alpha value is -1.51. The number of halogens is 3. The van der Waals surface area contributed by atoms with Crippen LogP contribution >= 0.6 is 0 Å². The van der Waals surface area contributed by atoms with E-state index in [1.54, 1.807) is 4.90 Å². The number of urea groups is 1. The zero-order valence-electron chi connectivity index (χ0n) is 12.7. The Balaban J connectivity index is 1.49. The lowest BCUT2D eigenvalue weighted by molar-refractivity contribution is -0.163. The van der Waals surface area contributed by atoms with Crippen molar-refractivity contribution >= 4 is 11.9 Å². The smallest absolute Gasteiger partial charge is 0.368 e. The van der Waals surface area contributed by atoms with Gasteiger partial charge in [0.25, 0.3) is 5.91 Å². The molecule has 1 atom stereocenters. The predicted octanol–water partition coefficient (Wildman–Crippen LogP) is 1.11. The van der Waals surface area contributed by atoms with Crippen LogP contribution < -0.4 is 5.32 Å². The van der Waals surface area contributed by atoms with Gasteiger partial charge in [-0.3, -0.25) is 4.79 Å². The second-order valence-corrected chi connectivity index (χ2v) is 6.32. The van der Waals surface area contributed by atoms with Crippen molar-refractivity contribution < 1.29 is 27.5 Å². The van der Waals surface area contributed by atoms with Crippen molar-refractivity contribution in [1.29, 1.82) is 0 Å². The summed E-state index contributed by atoms with van der Waals surface area (Å²) in [6, 6.07) is -0.705. The Morgan fingerprint density at radius 3 is 2.17 bits per heavy atom. The number of nitrogens with zero attached hydrogens (tertiary/aromatic N) is 2. The monoisotopic (exact) mass is 335 g/mol. The fourth-order valence-electron chi connectivity index (χ4n) is 2.99. The summed E-state index contributed by atoms with van der Waals surface area (Å²) in [5.41, 5.74) is -2.05. The molecule has 0 aromatic heterocycles. The standard InChI is InChI=1S/C14H20F3N3O3/c15-14(16,17)13(3-4-13)18-12(22)20-7-5-19(6-8-20)11(21)10-2-1-9-23-10/h10H,1-9H2,(H,18,22). The molecule has 0 bridgehead atoms. The largest absolute Gasteiger partial charge is 0.411 e. The van der Waals surface area contributed by atoms with E-state index in [1.807, 2.05) is 0 Å². The van der Waals surface area contributed by atoms with Gasteiger partial charge in [-0.2, -0.15) is 13.2 Å². The van der Waals surface area contributed by atoms with E-state index in [2.05, 4.69) is 5.32 Å². The predicted molar refractivity (Wildman–Crippen MR) is 73.7 cm³/mol. The van der Waals surface area contributed by atoms with Gasteiger partial charge in [-0.25, -0.2) is 4.79 Å². The number of nitrogens with one attached hydrogen (secondary N) is 1. The topological polar surface area (TPSA) is 61.9 Å². The summed E-state index contributed by atoms with van der Waals surface area (Å²) in [5.74, 6) is -0.0866. The Labute approximate surface area is 131 Å². The molecular formula is C14H20F3N3O3. The average molecular weight is 335 g/mol. The van der Waals surface area contributed by atoms with E-state index in [0.717, 1.165) is 6.42 Å². The number of rotatable bonds is 2. The molecule has 1 unspecified atom stereocenters. The highest BCUT2D eigenvalue weighted by molar-refractivity contribution is 5.82. The van der Waals surface area contributed by atoms with Crippen molar-refractivity contribution in [2.24, 2.45) is 0 Å². The minimum atomic E-state index is -4.42. The van der Waals surface area contributed by atoms with Crippen molar-refractivity contribution in [2.45, 2.75) is 43.5 Å². The number of amides is 3. The number of hydrogen-bond donors (Lipinski definition) is 1. The molecule has 2 heterocycles. The van der Waals surface area contributed by atoms with E-state index in [1.165, 1.54) is 4.90 Å². The molecule has 0 aromatic rings. The number of hydrogen-bond acceptors (Lipinski definition) is 3. The molecule has 9 heteroatoms. The number of piperazine rings is 1. The number of ether oxygens (including phenoxy) is 1. The van der Waals surface area contributed by atoms with Crippen molar-refractivity contribution in [2.75, 3.05) is 32.8 Å². The minimum absolute atomic E-state index is 0.0697. The third-order valence-corrected chi connectivity index (χ3v) is 4.72. The van der Waals surface area contributed by atoms with Crippen LogP contribution in [0.25, 0.3) is 0 Å². The molecule has 1 saturated carbocycles. The van der Waals surface area contributed by atoms with Gasteiger partial charge < -0.3 is 19.9 Å². The quantitative estimate of drug-likeness (QED) is 0.822. The zero-order chi connectivity index (χ0) is 16.7. The Morgan fingerprint density at radius 2 is 1.70 bits per heavy atom. The summed E-state index contributed by atoms with van der Waals surface area (Å²) >= 11 is 0. The third-order valence-electron chi connectivity index (χ3n) is 4.72. The lowest BCUT2D eigenvalue weighted by atomic mass is 10.2. The first-order valence-electron chi connectivity index (χ1n) is 7.87. The second kappa shape index (κ2) is 5.85. The molecule has 3 aliphatic rings. The van der Waals surface area contributed by atoms with E-state index >= 15 is 0 Å². The first-order chi connectivity index (χ1) is 10.8. The van der Waals surface area contributed by atoms with Gasteiger partial charge in [-0.15, -0.1) is 0 Å². The maximum absolute atomic E-state index is 12.9. The van der Waals surface area contributed by atoms with Crippen LogP contribution in [0.5, 0.6) is 0 Å². The normalized spacial score (nSPS) is 27.0. The van der Waals surface area contributed by atoms with Gasteiger partial charge in [-0.1, -0.05) is 0 Å². The summed E-state index contributed by atoms with van der Waals surface area (Å²) in [5, 5.41) is 2.11. The SMILES string of the molecule is O=C(NC1(C(F)(F)F)CC1)N1CCN(C(=O)C2CCCO2)CC1. The fourth-order valence-corrected chi connectivity index (χ4v) is 2.99. The molecule has 1 aliphatic carbocycles. The molecule has 130 valence electrons. The number of carbonyl (C=O) groups excluding carboxylic acids is 2. The molecule has 23 heavy (non-hydrogen) atoms. The van der Waals surface area contributed by atoms with Gasteiger partial charge in [0, 0.05) is 32.8 Å². The van der Waals surface area contributed by atoms with Crippen LogP contribution in [0.15, 0.2) is 0 Å². The Bertz CT molecular complexity index is 479. The highest BCUT2D eigenvalue weighted by Gasteiger charge is 2.64. The number of carbonyl (C=O) groups is 2. The van der Waals surface area contributed by atoms with Crippen LogP contribution in [-0.4, -0.2) is 72.3 Å². The molecule has 2 saturated heterocycles. The van der Waals surface area contributed by atoms with Gasteiger partial charge >= 0.3 is 12.2 Å². The molecule has 6 nitrogen and oxygen atoms in total. The first kappa shape index (κ1) is 16.4. The molecular weight excluding hydrogens is 315 g/mol. The molecule has 0 radical (unpaired) electrons. The summed E-state index contributed by atoms with van der Waals surface area (Å²) in [4.78, 5) is 27.2. The van der Waals surface area contributed by atoms with Crippen LogP contribution in [0.3, 0.4) is 0 Å². The van der Waals surface area contributed by atoms with Crippen LogP contribution in [0, 0.1) is 0 Å². The molecule has 3 fully saturated rings. The highest BCUT2D eigenvalue weighted by Crippen LogP contribution is 2.49. The minimum Gasteiger partial charge on any atom is -0.368 e. The molecule has 0 spiro atoms. The van der Waals surface area contributed by atoms with Gasteiger partial charge in [0.05, 0.1) is 0 Å². The van der Waals surface area contributed by atoms with Crippen LogP contribution in [0.2, 0.25) is 0 Å². The maximum Gasteiger partial charge on any atom is 0.411 e. The van der Waals surface area contributed by atoms with E-state index in [-0.39, 0.29) is 31.8 Å². The molecule has 1 N–H and O–H groups in total. The summed E-state index contributed by atoms with van der Waals surface area (Å²) < 4.78 is 43.9. The maximum atomic E-state index is 12.9.